The summed E-state index contributed by atoms with van der Waals surface area (Å²) < 4.78 is 0. The Labute approximate surface area is 87.1 Å². The standard InChI is InChI=1S/C11H23NS/c1-10(2)9-13-8-7-12-11-5-3-4-6-11/h10-12H,3-9H2,1-2H3. The highest BCUT2D eigenvalue weighted by Gasteiger charge is 2.12. The second-order valence-corrected chi connectivity index (χ2v) is 5.55. The van der Waals surface area contributed by atoms with Gasteiger partial charge in [0, 0.05) is 18.3 Å². The van der Waals surface area contributed by atoms with E-state index < -0.39 is 0 Å². The van der Waals surface area contributed by atoms with Gasteiger partial charge in [-0.05, 0) is 24.5 Å². The lowest BCUT2D eigenvalue weighted by Crippen LogP contribution is -2.28. The van der Waals surface area contributed by atoms with Crippen molar-refractivity contribution in [1.29, 1.82) is 0 Å². The maximum atomic E-state index is 3.63. The number of thioether (sulfide) groups is 1. The third-order valence-electron chi connectivity index (χ3n) is 2.49. The molecular weight excluding hydrogens is 178 g/mol. The van der Waals surface area contributed by atoms with Gasteiger partial charge in [-0.1, -0.05) is 26.7 Å². The van der Waals surface area contributed by atoms with Crippen molar-refractivity contribution >= 4 is 11.8 Å². The van der Waals surface area contributed by atoms with Crippen LogP contribution in [0.4, 0.5) is 0 Å². The normalized spacial score (nSPS) is 18.7. The van der Waals surface area contributed by atoms with Crippen LogP contribution < -0.4 is 5.32 Å². The number of hydrogen-bond donors (Lipinski definition) is 1. The van der Waals surface area contributed by atoms with Crippen LogP contribution in [-0.4, -0.2) is 24.1 Å². The average molecular weight is 201 g/mol. The minimum absolute atomic E-state index is 0.844. The zero-order valence-electron chi connectivity index (χ0n) is 9.01. The SMILES string of the molecule is CC(C)CSCCNC1CCCC1. The topological polar surface area (TPSA) is 12.0 Å². The molecule has 0 unspecified atom stereocenters. The highest BCUT2D eigenvalue weighted by molar-refractivity contribution is 7.99. The molecule has 2 heteroatoms. The summed E-state index contributed by atoms with van der Waals surface area (Å²) in [6.45, 7) is 5.79. The van der Waals surface area contributed by atoms with Crippen LogP contribution in [0.2, 0.25) is 0 Å². The average Bonchev–Trinajstić information content (AvgIpc) is 2.55. The molecule has 0 spiro atoms. The van der Waals surface area contributed by atoms with Gasteiger partial charge in [-0.2, -0.15) is 11.8 Å². The molecule has 0 aliphatic heterocycles. The van der Waals surface area contributed by atoms with Crippen molar-refractivity contribution in [3.8, 4) is 0 Å². The molecule has 1 fully saturated rings. The maximum Gasteiger partial charge on any atom is 0.00673 e. The van der Waals surface area contributed by atoms with Crippen molar-refractivity contribution in [3.63, 3.8) is 0 Å². The molecule has 13 heavy (non-hydrogen) atoms. The van der Waals surface area contributed by atoms with Crippen LogP contribution >= 0.6 is 11.8 Å². The van der Waals surface area contributed by atoms with E-state index in [4.69, 9.17) is 0 Å². The molecule has 0 aromatic rings. The summed E-state index contributed by atoms with van der Waals surface area (Å²) in [6, 6.07) is 0.847. The molecule has 1 N–H and O–H groups in total. The van der Waals surface area contributed by atoms with Crippen molar-refractivity contribution in [2.24, 2.45) is 5.92 Å². The Hall–Kier alpha value is 0.310. The van der Waals surface area contributed by atoms with Crippen LogP contribution in [0, 0.1) is 5.92 Å². The van der Waals surface area contributed by atoms with E-state index in [1.165, 1.54) is 43.7 Å². The Morgan fingerprint density at radius 1 is 1.31 bits per heavy atom. The largest absolute Gasteiger partial charge is 0.313 e. The van der Waals surface area contributed by atoms with Crippen LogP contribution in [0.15, 0.2) is 0 Å². The van der Waals surface area contributed by atoms with Gasteiger partial charge in [0.15, 0.2) is 0 Å². The molecular formula is C11H23NS. The zero-order chi connectivity index (χ0) is 9.52. The van der Waals surface area contributed by atoms with Crippen LogP contribution in [0.25, 0.3) is 0 Å². The zero-order valence-corrected chi connectivity index (χ0v) is 9.83. The summed E-state index contributed by atoms with van der Waals surface area (Å²) in [5.41, 5.74) is 0. The molecule has 0 amide bonds. The first-order valence-electron chi connectivity index (χ1n) is 5.60. The van der Waals surface area contributed by atoms with E-state index in [1.807, 2.05) is 0 Å². The number of hydrogen-bond acceptors (Lipinski definition) is 2. The Bertz CT molecular complexity index is 119. The molecule has 0 saturated heterocycles. The van der Waals surface area contributed by atoms with Gasteiger partial charge in [-0.25, -0.2) is 0 Å². The van der Waals surface area contributed by atoms with Gasteiger partial charge in [-0.3, -0.25) is 0 Å². The maximum absolute atomic E-state index is 3.63. The van der Waals surface area contributed by atoms with Crippen molar-refractivity contribution in [3.05, 3.63) is 0 Å². The van der Waals surface area contributed by atoms with E-state index >= 15 is 0 Å². The summed E-state index contributed by atoms with van der Waals surface area (Å²) in [4.78, 5) is 0. The Balaban J connectivity index is 1.83. The van der Waals surface area contributed by atoms with E-state index in [0.29, 0.717) is 0 Å². The van der Waals surface area contributed by atoms with Gasteiger partial charge in [0.05, 0.1) is 0 Å². The Morgan fingerprint density at radius 2 is 2.00 bits per heavy atom. The van der Waals surface area contributed by atoms with Gasteiger partial charge in [-0.15, -0.1) is 0 Å². The van der Waals surface area contributed by atoms with E-state index in [9.17, 15) is 0 Å². The van der Waals surface area contributed by atoms with Crippen LogP contribution in [0.1, 0.15) is 39.5 Å². The molecule has 0 heterocycles. The molecule has 0 atom stereocenters. The molecule has 0 bridgehead atoms. The molecule has 0 aromatic carbocycles. The third kappa shape index (κ3) is 5.58. The first-order chi connectivity index (χ1) is 6.29. The molecule has 1 saturated carbocycles. The van der Waals surface area contributed by atoms with E-state index in [0.717, 1.165) is 12.0 Å². The summed E-state index contributed by atoms with van der Waals surface area (Å²) in [5, 5.41) is 3.63. The fraction of sp³-hybridized carbons (Fsp3) is 1.00. The van der Waals surface area contributed by atoms with Crippen molar-refractivity contribution in [2.45, 2.75) is 45.6 Å². The monoisotopic (exact) mass is 201 g/mol. The summed E-state index contributed by atoms with van der Waals surface area (Å²) in [6.07, 6.45) is 5.71. The first kappa shape index (κ1) is 11.4. The van der Waals surface area contributed by atoms with E-state index in [-0.39, 0.29) is 0 Å². The number of nitrogens with one attached hydrogen (secondary N) is 1. The molecule has 78 valence electrons. The Kier molecular flexibility index (Phi) is 5.88. The summed E-state index contributed by atoms with van der Waals surface area (Å²) in [5.74, 6) is 3.44. The fourth-order valence-electron chi connectivity index (χ4n) is 1.78. The minimum atomic E-state index is 0.844. The van der Waals surface area contributed by atoms with Crippen LogP contribution in [0.5, 0.6) is 0 Å². The minimum Gasteiger partial charge on any atom is -0.313 e. The first-order valence-corrected chi connectivity index (χ1v) is 6.75. The van der Waals surface area contributed by atoms with Crippen molar-refractivity contribution < 1.29 is 0 Å². The quantitative estimate of drug-likeness (QED) is 0.663. The highest BCUT2D eigenvalue weighted by atomic mass is 32.2. The summed E-state index contributed by atoms with van der Waals surface area (Å²) >= 11 is 2.08. The van der Waals surface area contributed by atoms with Gasteiger partial charge < -0.3 is 5.32 Å². The lowest BCUT2D eigenvalue weighted by molar-refractivity contribution is 0.545. The molecule has 1 rings (SSSR count). The van der Waals surface area contributed by atoms with E-state index in [1.54, 1.807) is 0 Å². The van der Waals surface area contributed by atoms with Gasteiger partial charge in [0.1, 0.15) is 0 Å². The molecule has 1 nitrogen and oxygen atoms in total. The Morgan fingerprint density at radius 3 is 2.62 bits per heavy atom. The second-order valence-electron chi connectivity index (χ2n) is 4.40. The van der Waals surface area contributed by atoms with Gasteiger partial charge >= 0.3 is 0 Å². The van der Waals surface area contributed by atoms with Crippen LogP contribution in [0.3, 0.4) is 0 Å². The van der Waals surface area contributed by atoms with Crippen molar-refractivity contribution in [2.75, 3.05) is 18.1 Å². The molecule has 1 aliphatic carbocycles. The molecule has 0 aromatic heterocycles. The van der Waals surface area contributed by atoms with Crippen LogP contribution in [-0.2, 0) is 0 Å². The predicted octanol–water partition coefficient (Wildman–Crippen LogP) is 2.91. The third-order valence-corrected chi connectivity index (χ3v) is 3.88. The van der Waals surface area contributed by atoms with Gasteiger partial charge in [0.2, 0.25) is 0 Å². The fourth-order valence-corrected chi connectivity index (χ4v) is 2.68. The predicted molar refractivity (Wildman–Crippen MR) is 62.4 cm³/mol. The second kappa shape index (κ2) is 6.72. The van der Waals surface area contributed by atoms with Gasteiger partial charge in [0.25, 0.3) is 0 Å². The molecule has 1 aliphatic rings. The number of rotatable bonds is 6. The highest BCUT2D eigenvalue weighted by Crippen LogP contribution is 2.17. The van der Waals surface area contributed by atoms with E-state index in [2.05, 4.69) is 30.9 Å². The molecule has 0 radical (unpaired) electrons. The lowest BCUT2D eigenvalue weighted by Gasteiger charge is -2.11. The smallest absolute Gasteiger partial charge is 0.00673 e. The van der Waals surface area contributed by atoms with Crippen molar-refractivity contribution in [1.82, 2.24) is 5.32 Å². The lowest BCUT2D eigenvalue weighted by atomic mass is 10.2. The summed E-state index contributed by atoms with van der Waals surface area (Å²) in [7, 11) is 0.